The van der Waals surface area contributed by atoms with E-state index in [1.165, 1.54) is 10.6 Å². The number of methoxy groups -OCH3 is 1. The summed E-state index contributed by atoms with van der Waals surface area (Å²) >= 11 is 0. The van der Waals surface area contributed by atoms with E-state index < -0.39 is 10.0 Å². The minimum atomic E-state index is -3.19. The third kappa shape index (κ3) is 3.41. The van der Waals surface area contributed by atoms with Gasteiger partial charge in [-0.3, -0.25) is 4.79 Å². The Balaban J connectivity index is 2.19. The lowest BCUT2D eigenvalue weighted by Gasteiger charge is -2.33. The molecule has 22 heavy (non-hydrogen) atoms. The lowest BCUT2D eigenvalue weighted by molar-refractivity contribution is 0.0695. The third-order valence-electron chi connectivity index (χ3n) is 4.04. The number of carbonyl (C=O) groups is 1. The molecule has 2 rings (SSSR count). The van der Waals surface area contributed by atoms with E-state index in [1.54, 1.807) is 12.0 Å². The van der Waals surface area contributed by atoms with E-state index in [0.717, 1.165) is 11.1 Å². The quantitative estimate of drug-likeness (QED) is 0.832. The highest BCUT2D eigenvalue weighted by molar-refractivity contribution is 7.88. The van der Waals surface area contributed by atoms with Crippen molar-refractivity contribution in [2.45, 2.75) is 13.8 Å². The fraction of sp³-hybridized carbons (Fsp3) is 0.533. The summed E-state index contributed by atoms with van der Waals surface area (Å²) < 4.78 is 29.7. The molecular weight excluding hydrogens is 304 g/mol. The highest BCUT2D eigenvalue weighted by atomic mass is 32.2. The van der Waals surface area contributed by atoms with Gasteiger partial charge >= 0.3 is 0 Å². The van der Waals surface area contributed by atoms with Crippen LogP contribution in [-0.4, -0.2) is 63.1 Å². The molecule has 1 amide bonds. The molecular formula is C15H22N2O4S. The maximum Gasteiger partial charge on any atom is 0.257 e. The van der Waals surface area contributed by atoms with Gasteiger partial charge in [0.15, 0.2) is 0 Å². The van der Waals surface area contributed by atoms with Crippen molar-refractivity contribution >= 4 is 15.9 Å². The van der Waals surface area contributed by atoms with Gasteiger partial charge in [-0.25, -0.2) is 8.42 Å². The molecule has 0 aliphatic carbocycles. The molecule has 1 aliphatic rings. The number of hydrogen-bond acceptors (Lipinski definition) is 4. The molecule has 0 N–H and O–H groups in total. The fourth-order valence-corrected chi connectivity index (χ4v) is 3.35. The average Bonchev–Trinajstić information content (AvgIpc) is 2.48. The van der Waals surface area contributed by atoms with Gasteiger partial charge < -0.3 is 9.64 Å². The molecule has 1 heterocycles. The summed E-state index contributed by atoms with van der Waals surface area (Å²) in [5.74, 6) is 0.437. The van der Waals surface area contributed by atoms with Crippen molar-refractivity contribution in [3.8, 4) is 5.75 Å². The van der Waals surface area contributed by atoms with Crippen molar-refractivity contribution in [1.82, 2.24) is 9.21 Å². The van der Waals surface area contributed by atoms with Gasteiger partial charge in [0.1, 0.15) is 5.75 Å². The summed E-state index contributed by atoms with van der Waals surface area (Å²) in [6.07, 6.45) is 1.19. The Morgan fingerprint density at radius 1 is 1.09 bits per heavy atom. The van der Waals surface area contributed by atoms with Gasteiger partial charge in [-0.15, -0.1) is 0 Å². The van der Waals surface area contributed by atoms with Gasteiger partial charge in [-0.05, 0) is 37.1 Å². The van der Waals surface area contributed by atoms with E-state index in [9.17, 15) is 13.2 Å². The number of piperazine rings is 1. The normalized spacial score (nSPS) is 16.6. The number of nitrogens with zero attached hydrogens (tertiary/aromatic N) is 2. The van der Waals surface area contributed by atoms with Crippen LogP contribution in [0.1, 0.15) is 21.5 Å². The molecule has 0 aromatic heterocycles. The van der Waals surface area contributed by atoms with Gasteiger partial charge in [0.05, 0.1) is 18.9 Å². The van der Waals surface area contributed by atoms with Crippen LogP contribution in [0.15, 0.2) is 12.1 Å². The van der Waals surface area contributed by atoms with Crippen LogP contribution in [0.2, 0.25) is 0 Å². The predicted octanol–water partition coefficient (Wildman–Crippen LogP) is 1.03. The molecule has 1 fully saturated rings. The number of hydrogen-bond donors (Lipinski definition) is 0. The van der Waals surface area contributed by atoms with E-state index in [-0.39, 0.29) is 5.91 Å². The van der Waals surface area contributed by atoms with E-state index in [0.29, 0.717) is 37.5 Å². The van der Waals surface area contributed by atoms with Gasteiger partial charge in [0.2, 0.25) is 10.0 Å². The molecule has 0 saturated carbocycles. The minimum absolute atomic E-state index is 0.117. The largest absolute Gasteiger partial charge is 0.496 e. The zero-order chi connectivity index (χ0) is 16.5. The van der Waals surface area contributed by atoms with Crippen molar-refractivity contribution < 1.29 is 17.9 Å². The lowest BCUT2D eigenvalue weighted by Crippen LogP contribution is -2.50. The molecule has 1 aromatic carbocycles. The number of carbonyl (C=O) groups excluding carboxylic acids is 1. The van der Waals surface area contributed by atoms with Crippen LogP contribution in [0.25, 0.3) is 0 Å². The van der Waals surface area contributed by atoms with Crippen LogP contribution in [-0.2, 0) is 10.0 Å². The fourth-order valence-electron chi connectivity index (χ4n) is 2.52. The Hall–Kier alpha value is -1.60. The number of amides is 1. The van der Waals surface area contributed by atoms with Crippen LogP contribution >= 0.6 is 0 Å². The second-order valence-corrected chi connectivity index (χ2v) is 7.57. The average molecular weight is 326 g/mol. The van der Waals surface area contributed by atoms with Crippen LogP contribution in [0.5, 0.6) is 5.75 Å². The predicted molar refractivity (Wildman–Crippen MR) is 84.8 cm³/mol. The Kier molecular flexibility index (Phi) is 4.77. The van der Waals surface area contributed by atoms with Crippen molar-refractivity contribution in [3.63, 3.8) is 0 Å². The molecule has 0 bridgehead atoms. The number of sulfonamides is 1. The SMILES string of the molecule is COc1cc(C)c(C)cc1C(=O)N1CCN(S(C)(=O)=O)CC1. The van der Waals surface area contributed by atoms with E-state index in [2.05, 4.69) is 0 Å². The van der Waals surface area contributed by atoms with Gasteiger partial charge in [-0.2, -0.15) is 4.31 Å². The first-order chi connectivity index (χ1) is 10.2. The lowest BCUT2D eigenvalue weighted by atomic mass is 10.0. The van der Waals surface area contributed by atoms with Crippen LogP contribution in [0.4, 0.5) is 0 Å². The van der Waals surface area contributed by atoms with Crippen molar-refractivity contribution in [1.29, 1.82) is 0 Å². The smallest absolute Gasteiger partial charge is 0.257 e. The molecule has 122 valence electrons. The molecule has 0 spiro atoms. The summed E-state index contributed by atoms with van der Waals surface area (Å²) in [7, 11) is -1.65. The summed E-state index contributed by atoms with van der Waals surface area (Å²) in [6, 6.07) is 3.69. The van der Waals surface area contributed by atoms with Crippen molar-refractivity contribution in [2.24, 2.45) is 0 Å². The van der Waals surface area contributed by atoms with Crippen LogP contribution in [0, 0.1) is 13.8 Å². The number of rotatable bonds is 3. The Morgan fingerprint density at radius 3 is 2.14 bits per heavy atom. The second kappa shape index (κ2) is 6.26. The van der Waals surface area contributed by atoms with Gasteiger partial charge in [-0.1, -0.05) is 0 Å². The van der Waals surface area contributed by atoms with Crippen LogP contribution in [0.3, 0.4) is 0 Å². The van der Waals surface area contributed by atoms with E-state index in [4.69, 9.17) is 4.74 Å². The van der Waals surface area contributed by atoms with E-state index >= 15 is 0 Å². The van der Waals surface area contributed by atoms with E-state index in [1.807, 2.05) is 26.0 Å². The number of aryl methyl sites for hydroxylation is 2. The standard InChI is InChI=1S/C15H22N2O4S/c1-11-9-13(14(21-3)10-12(11)2)15(18)16-5-7-17(8-6-16)22(4,19)20/h9-10H,5-8H2,1-4H3. The first-order valence-electron chi connectivity index (χ1n) is 7.13. The summed E-state index contributed by atoms with van der Waals surface area (Å²) in [6.45, 7) is 5.36. The molecule has 6 nitrogen and oxygen atoms in total. The monoisotopic (exact) mass is 326 g/mol. The summed E-state index contributed by atoms with van der Waals surface area (Å²) in [4.78, 5) is 14.4. The Bertz CT molecular complexity index is 677. The highest BCUT2D eigenvalue weighted by Gasteiger charge is 2.28. The molecule has 0 atom stereocenters. The summed E-state index contributed by atoms with van der Waals surface area (Å²) in [5, 5.41) is 0. The molecule has 1 saturated heterocycles. The first kappa shape index (κ1) is 16.8. The molecule has 7 heteroatoms. The molecule has 0 unspecified atom stereocenters. The number of benzene rings is 1. The van der Waals surface area contributed by atoms with Crippen LogP contribution < -0.4 is 4.74 Å². The van der Waals surface area contributed by atoms with Crippen molar-refractivity contribution in [2.75, 3.05) is 39.5 Å². The van der Waals surface area contributed by atoms with Gasteiger partial charge in [0.25, 0.3) is 5.91 Å². The maximum atomic E-state index is 12.7. The zero-order valence-electron chi connectivity index (χ0n) is 13.4. The minimum Gasteiger partial charge on any atom is -0.496 e. The topological polar surface area (TPSA) is 66.9 Å². The Labute approximate surface area is 131 Å². The second-order valence-electron chi connectivity index (χ2n) is 5.59. The zero-order valence-corrected chi connectivity index (χ0v) is 14.2. The highest BCUT2D eigenvalue weighted by Crippen LogP contribution is 2.25. The maximum absolute atomic E-state index is 12.7. The van der Waals surface area contributed by atoms with Gasteiger partial charge in [0, 0.05) is 26.2 Å². The molecule has 0 radical (unpaired) electrons. The summed E-state index contributed by atoms with van der Waals surface area (Å²) in [5.41, 5.74) is 2.62. The molecule has 1 aliphatic heterocycles. The first-order valence-corrected chi connectivity index (χ1v) is 8.98. The third-order valence-corrected chi connectivity index (χ3v) is 5.34. The molecule has 1 aromatic rings. The van der Waals surface area contributed by atoms with Crippen molar-refractivity contribution in [3.05, 3.63) is 28.8 Å². The number of ether oxygens (including phenoxy) is 1. The Morgan fingerprint density at radius 2 is 1.64 bits per heavy atom.